The van der Waals surface area contributed by atoms with Crippen molar-refractivity contribution in [1.82, 2.24) is 0 Å². The molecular weight excluding hydrogens is 468 g/mol. The minimum absolute atomic E-state index is 0.301. The molecule has 0 aromatic heterocycles. The van der Waals surface area contributed by atoms with Crippen LogP contribution in [-0.4, -0.2) is 30.6 Å². The van der Waals surface area contributed by atoms with Gasteiger partial charge in [-0.05, 0) is 48.7 Å². The van der Waals surface area contributed by atoms with Gasteiger partial charge in [-0.15, -0.1) is 0 Å². The molecule has 5 rings (SSSR count). The maximum absolute atomic E-state index is 11.0. The van der Waals surface area contributed by atoms with Gasteiger partial charge in [0.05, 0.1) is 0 Å². The first kappa shape index (κ1) is 25.2. The summed E-state index contributed by atoms with van der Waals surface area (Å²) in [5.41, 5.74) is 5.13. The van der Waals surface area contributed by atoms with E-state index in [9.17, 15) is 30.6 Å². The van der Waals surface area contributed by atoms with Crippen LogP contribution in [0, 0.1) is 18.3 Å². The van der Waals surface area contributed by atoms with E-state index in [0.29, 0.717) is 34.6 Å². The quantitative estimate of drug-likeness (QED) is 0.155. The first-order chi connectivity index (χ1) is 17.3. The molecule has 2 aliphatic rings. The second-order valence-corrected chi connectivity index (χ2v) is 11.5. The average Bonchev–Trinajstić information content (AvgIpc) is 3.62. The number of hydrogen-bond donors (Lipinski definition) is 6. The molecule has 0 bridgehead atoms. The third-order valence-corrected chi connectivity index (χ3v) is 7.71. The number of aryl methyl sites for hydroxylation is 1. The van der Waals surface area contributed by atoms with Gasteiger partial charge in [0.25, 0.3) is 0 Å². The highest BCUT2D eigenvalue weighted by molar-refractivity contribution is 5.90. The molecule has 0 heterocycles. The second kappa shape index (κ2) is 8.54. The number of hydrogen-bond acceptors (Lipinski definition) is 6. The summed E-state index contributed by atoms with van der Waals surface area (Å²) in [5, 5.41) is 64.3. The lowest BCUT2D eigenvalue weighted by atomic mass is 9.79. The fourth-order valence-electron chi connectivity index (χ4n) is 5.75. The molecule has 194 valence electrons. The Labute approximate surface area is 216 Å². The van der Waals surface area contributed by atoms with Gasteiger partial charge in [-0.25, -0.2) is 0 Å². The molecule has 1 atom stereocenters. The smallest absolute Gasteiger partial charge is 0.217 e. The number of rotatable bonds is 5. The van der Waals surface area contributed by atoms with Crippen LogP contribution in [0.5, 0.6) is 23.0 Å². The van der Waals surface area contributed by atoms with Crippen LogP contribution >= 0.6 is 0 Å². The molecule has 0 saturated heterocycles. The van der Waals surface area contributed by atoms with Crippen molar-refractivity contribution in [3.63, 3.8) is 0 Å². The van der Waals surface area contributed by atoms with Gasteiger partial charge in [0, 0.05) is 28.2 Å². The fraction of sp³-hybridized carbons (Fsp3) is 0.355. The Bertz CT molecular complexity index is 1390. The van der Waals surface area contributed by atoms with E-state index in [1.54, 1.807) is 24.3 Å². The maximum Gasteiger partial charge on any atom is 0.217 e. The van der Waals surface area contributed by atoms with Gasteiger partial charge < -0.3 is 30.6 Å². The molecule has 0 aliphatic heterocycles. The molecule has 6 nitrogen and oxygen atoms in total. The van der Waals surface area contributed by atoms with Crippen molar-refractivity contribution in [2.45, 2.75) is 58.7 Å². The van der Waals surface area contributed by atoms with Gasteiger partial charge in [0.1, 0.15) is 0 Å². The van der Waals surface area contributed by atoms with Crippen molar-refractivity contribution < 1.29 is 30.6 Å². The molecule has 0 radical (unpaired) electrons. The SMILES string of the molecule is Cc1ccc(C(O)(O)c2ccc(CC3C(C4CC4)=C(C(C)(C)C)c4c(O)c(O)c(O)c(O)c43)cc2)cc1. The average molecular weight is 503 g/mol. The molecule has 1 unspecified atom stereocenters. The number of phenols is 4. The first-order valence-electron chi connectivity index (χ1n) is 12.7. The molecule has 3 aromatic rings. The van der Waals surface area contributed by atoms with Crippen molar-refractivity contribution in [2.24, 2.45) is 11.3 Å². The number of benzene rings is 3. The minimum atomic E-state index is -2.14. The zero-order chi connectivity index (χ0) is 26.9. The molecule has 1 saturated carbocycles. The van der Waals surface area contributed by atoms with E-state index >= 15 is 0 Å². The van der Waals surface area contributed by atoms with Crippen LogP contribution in [0.3, 0.4) is 0 Å². The van der Waals surface area contributed by atoms with Crippen LogP contribution in [0.15, 0.2) is 54.1 Å². The number of allylic oxidation sites excluding steroid dienone is 2. The van der Waals surface area contributed by atoms with Crippen LogP contribution in [0.1, 0.15) is 72.9 Å². The van der Waals surface area contributed by atoms with Crippen molar-refractivity contribution in [1.29, 1.82) is 0 Å². The van der Waals surface area contributed by atoms with Crippen molar-refractivity contribution in [3.05, 3.63) is 87.5 Å². The lowest BCUT2D eigenvalue weighted by Gasteiger charge is -2.25. The van der Waals surface area contributed by atoms with E-state index in [0.717, 1.165) is 35.1 Å². The predicted octanol–water partition coefficient (Wildman–Crippen LogP) is 5.55. The van der Waals surface area contributed by atoms with Gasteiger partial charge in [0.2, 0.25) is 17.3 Å². The number of aromatic hydroxyl groups is 4. The summed E-state index contributed by atoms with van der Waals surface area (Å²) < 4.78 is 0. The summed E-state index contributed by atoms with van der Waals surface area (Å²) in [5.74, 6) is -4.38. The van der Waals surface area contributed by atoms with Gasteiger partial charge in [0.15, 0.2) is 11.5 Å². The first-order valence-corrected chi connectivity index (χ1v) is 12.7. The number of phenolic OH excluding ortho intramolecular Hbond substituents is 4. The Morgan fingerprint density at radius 1 is 0.730 bits per heavy atom. The number of aliphatic hydroxyl groups is 2. The Kier molecular flexibility index (Phi) is 5.81. The molecule has 6 heteroatoms. The zero-order valence-corrected chi connectivity index (χ0v) is 21.6. The van der Waals surface area contributed by atoms with Crippen LogP contribution in [-0.2, 0) is 12.2 Å². The molecule has 1 fully saturated rings. The summed E-state index contributed by atoms with van der Waals surface area (Å²) in [4.78, 5) is 0. The highest BCUT2D eigenvalue weighted by Gasteiger charge is 2.47. The van der Waals surface area contributed by atoms with E-state index in [4.69, 9.17) is 0 Å². The summed E-state index contributed by atoms with van der Waals surface area (Å²) in [6.45, 7) is 8.06. The standard InChI is InChI=1S/C31H34O6/c1-16-5-11-19(12-6-16)31(36,37)20-13-7-17(8-14-20)15-21-22(18-9-10-18)25(30(2,3)4)24-23(21)26(32)28(34)29(35)27(24)33/h5-8,11-14,18,21,32-37H,9-10,15H2,1-4H3. The highest BCUT2D eigenvalue weighted by atomic mass is 16.5. The van der Waals surface area contributed by atoms with Crippen molar-refractivity contribution >= 4 is 5.57 Å². The lowest BCUT2D eigenvalue weighted by molar-refractivity contribution is -0.132. The Morgan fingerprint density at radius 3 is 1.76 bits per heavy atom. The van der Waals surface area contributed by atoms with E-state index in [1.807, 2.05) is 52.0 Å². The zero-order valence-electron chi connectivity index (χ0n) is 21.6. The molecule has 6 N–H and O–H groups in total. The summed E-state index contributed by atoms with van der Waals surface area (Å²) >= 11 is 0. The van der Waals surface area contributed by atoms with E-state index in [2.05, 4.69) is 0 Å². The summed E-state index contributed by atoms with van der Waals surface area (Å²) in [7, 11) is 0. The Balaban J connectivity index is 1.56. The van der Waals surface area contributed by atoms with E-state index in [1.165, 1.54) is 0 Å². The van der Waals surface area contributed by atoms with Crippen LogP contribution in [0.25, 0.3) is 5.57 Å². The molecule has 2 aliphatic carbocycles. The minimum Gasteiger partial charge on any atom is -0.504 e. The van der Waals surface area contributed by atoms with Crippen LogP contribution < -0.4 is 0 Å². The summed E-state index contributed by atoms with van der Waals surface area (Å²) in [6, 6.07) is 14.1. The van der Waals surface area contributed by atoms with Crippen molar-refractivity contribution in [2.75, 3.05) is 0 Å². The predicted molar refractivity (Wildman–Crippen MR) is 141 cm³/mol. The monoisotopic (exact) mass is 502 g/mol. The Morgan fingerprint density at radius 2 is 1.24 bits per heavy atom. The maximum atomic E-state index is 11.0. The molecule has 3 aromatic carbocycles. The lowest BCUT2D eigenvalue weighted by Crippen LogP contribution is -2.26. The largest absolute Gasteiger partial charge is 0.504 e. The summed E-state index contributed by atoms with van der Waals surface area (Å²) in [6.07, 6.45) is 2.49. The van der Waals surface area contributed by atoms with Crippen LogP contribution in [0.4, 0.5) is 0 Å². The number of fused-ring (bicyclic) bond motifs is 1. The van der Waals surface area contributed by atoms with Crippen LogP contribution in [0.2, 0.25) is 0 Å². The van der Waals surface area contributed by atoms with E-state index < -0.39 is 28.8 Å². The van der Waals surface area contributed by atoms with Gasteiger partial charge >= 0.3 is 0 Å². The van der Waals surface area contributed by atoms with Gasteiger partial charge in [-0.1, -0.05) is 80.4 Å². The highest BCUT2D eigenvalue weighted by Crippen LogP contribution is 2.64. The molecule has 0 spiro atoms. The second-order valence-electron chi connectivity index (χ2n) is 11.5. The third-order valence-electron chi connectivity index (χ3n) is 7.71. The van der Waals surface area contributed by atoms with E-state index in [-0.39, 0.29) is 11.3 Å². The third kappa shape index (κ3) is 4.14. The van der Waals surface area contributed by atoms with Crippen molar-refractivity contribution in [3.8, 4) is 23.0 Å². The normalized spacial score (nSPS) is 17.8. The van der Waals surface area contributed by atoms with Gasteiger partial charge in [-0.3, -0.25) is 0 Å². The fourth-order valence-corrected chi connectivity index (χ4v) is 5.75. The topological polar surface area (TPSA) is 121 Å². The molecule has 0 amide bonds. The molecule has 37 heavy (non-hydrogen) atoms. The van der Waals surface area contributed by atoms with Gasteiger partial charge in [-0.2, -0.15) is 0 Å². The Hall–Kier alpha value is -3.48. The molecular formula is C31H34O6.